The van der Waals surface area contributed by atoms with Crippen LogP contribution in [-0.4, -0.2) is 130 Å². The number of hydrogen-bond acceptors (Lipinski definition) is 15. The minimum absolute atomic E-state index is 0.0460. The van der Waals surface area contributed by atoms with E-state index in [0.717, 1.165) is 11.1 Å². The van der Waals surface area contributed by atoms with E-state index in [1.54, 1.807) is 0 Å². The first kappa shape index (κ1) is 41.4. The molecule has 1 saturated carbocycles. The summed E-state index contributed by atoms with van der Waals surface area (Å²) in [5.41, 5.74) is 38.7. The van der Waals surface area contributed by atoms with E-state index in [9.17, 15) is 42.1 Å². The van der Waals surface area contributed by atoms with Crippen molar-refractivity contribution in [3.05, 3.63) is 114 Å². The maximum absolute atomic E-state index is 11.7. The van der Waals surface area contributed by atoms with E-state index in [0.29, 0.717) is 0 Å². The normalized spacial score (nSPS) is 35.9. The Morgan fingerprint density at radius 2 is 1.15 bits per heavy atom. The summed E-state index contributed by atoms with van der Waals surface area (Å²) in [7, 11) is 0. The number of rotatable bonds is 16. The summed E-state index contributed by atoms with van der Waals surface area (Å²) >= 11 is 0. The fourth-order valence-electron chi connectivity index (χ4n) is 6.65. The number of azide groups is 4. The minimum Gasteiger partial charge on any atom is -0.388 e. The molecular formula is C32H40N12O11. The fourth-order valence-corrected chi connectivity index (χ4v) is 6.65. The van der Waals surface area contributed by atoms with Gasteiger partial charge in [0.25, 0.3) is 0 Å². The molecule has 23 heteroatoms. The number of aliphatic hydroxyl groups excluding tert-OH is 5. The molecule has 55 heavy (non-hydrogen) atoms. The van der Waals surface area contributed by atoms with Crippen molar-refractivity contribution in [2.75, 3.05) is 13.2 Å². The Morgan fingerprint density at radius 1 is 0.600 bits per heavy atom. The van der Waals surface area contributed by atoms with Crippen molar-refractivity contribution in [3.8, 4) is 0 Å². The standard InChI is InChI=1S/C32H40N12O11/c33-41-37-12-20-23(45)25(47)26(48)32(52-20)55-29-19(39-43-35)11-18(38-42-34)28(27(29)49)54-31-24(46)22(40-44-36)30(51-14-17-9-5-2-6-10-17)21(53-31)15-50-13-16-7-3-1-4-8-16/h1-10,18-32,45-49H,11-15H2/t18-,19?,20?,21?,22?,23-,24-,25+,26?,27-,28?,29-,30-,31-,32-/m1/s1. The molecule has 0 radical (unpaired) electrons. The predicted octanol–water partition coefficient (Wildman–Crippen LogP) is 2.56. The Kier molecular flexibility index (Phi) is 15.2. The molecule has 3 aliphatic rings. The van der Waals surface area contributed by atoms with Gasteiger partial charge < -0.3 is 54.0 Å². The summed E-state index contributed by atoms with van der Waals surface area (Å²) in [5.74, 6) is 0. The van der Waals surface area contributed by atoms with Crippen LogP contribution in [0.1, 0.15) is 17.5 Å². The highest BCUT2D eigenvalue weighted by atomic mass is 16.7. The molecule has 294 valence electrons. The number of benzene rings is 2. The van der Waals surface area contributed by atoms with E-state index in [4.69, 9.17) is 34.0 Å². The molecule has 1 aliphatic carbocycles. The first-order chi connectivity index (χ1) is 26.7. The maximum Gasteiger partial charge on any atom is 0.186 e. The third-order valence-corrected chi connectivity index (χ3v) is 9.40. The van der Waals surface area contributed by atoms with Crippen LogP contribution < -0.4 is 0 Å². The highest BCUT2D eigenvalue weighted by molar-refractivity contribution is 5.14. The Morgan fingerprint density at radius 3 is 1.71 bits per heavy atom. The van der Waals surface area contributed by atoms with Gasteiger partial charge in [-0.05, 0) is 39.7 Å². The molecular weight excluding hydrogens is 728 g/mol. The Hall–Kier alpha value is -4.76. The molecule has 15 atom stereocenters. The Labute approximate surface area is 312 Å². The maximum atomic E-state index is 11.7. The molecule has 2 saturated heterocycles. The molecule has 5 rings (SSSR count). The van der Waals surface area contributed by atoms with Crippen molar-refractivity contribution >= 4 is 0 Å². The molecule has 0 bridgehead atoms. The molecule has 0 spiro atoms. The second kappa shape index (κ2) is 20.2. The summed E-state index contributed by atoms with van der Waals surface area (Å²) < 4.78 is 35.9. The van der Waals surface area contributed by atoms with E-state index >= 15 is 0 Å². The zero-order valence-electron chi connectivity index (χ0n) is 29.0. The average molecular weight is 769 g/mol. The van der Waals surface area contributed by atoms with Gasteiger partial charge in [0.15, 0.2) is 12.6 Å². The van der Waals surface area contributed by atoms with Crippen LogP contribution in [0.15, 0.2) is 81.1 Å². The number of nitrogens with zero attached hydrogens (tertiary/aromatic N) is 12. The van der Waals surface area contributed by atoms with Gasteiger partial charge in [-0.15, -0.1) is 0 Å². The number of aliphatic hydroxyl groups is 5. The van der Waals surface area contributed by atoms with E-state index in [2.05, 4.69) is 40.1 Å². The first-order valence-electron chi connectivity index (χ1n) is 17.1. The lowest BCUT2D eigenvalue weighted by Crippen LogP contribution is -2.65. The summed E-state index contributed by atoms with van der Waals surface area (Å²) in [4.78, 5) is 11.1. The molecule has 5 N–H and O–H groups in total. The highest BCUT2D eigenvalue weighted by Gasteiger charge is 2.53. The summed E-state index contributed by atoms with van der Waals surface area (Å²) in [6, 6.07) is 14.4. The Bertz CT molecular complexity index is 1730. The highest BCUT2D eigenvalue weighted by Crippen LogP contribution is 2.36. The number of ether oxygens (including phenoxy) is 6. The molecule has 2 aromatic carbocycles. The molecule has 3 fully saturated rings. The van der Waals surface area contributed by atoms with Gasteiger partial charge in [-0.25, -0.2) is 0 Å². The lowest BCUT2D eigenvalue weighted by Gasteiger charge is -2.48. The van der Waals surface area contributed by atoms with Gasteiger partial charge in [0.1, 0.15) is 36.6 Å². The van der Waals surface area contributed by atoms with Crippen molar-refractivity contribution in [1.29, 1.82) is 0 Å². The minimum atomic E-state index is -1.90. The molecule has 23 nitrogen and oxygen atoms in total. The van der Waals surface area contributed by atoms with Crippen LogP contribution in [0.3, 0.4) is 0 Å². The predicted molar refractivity (Wildman–Crippen MR) is 186 cm³/mol. The molecule has 0 aromatic heterocycles. The zero-order chi connectivity index (χ0) is 39.3. The van der Waals surface area contributed by atoms with Gasteiger partial charge in [-0.3, -0.25) is 0 Å². The second-order valence-corrected chi connectivity index (χ2v) is 12.9. The quantitative estimate of drug-likeness (QED) is 0.0938. The third kappa shape index (κ3) is 10.3. The smallest absolute Gasteiger partial charge is 0.186 e. The lowest BCUT2D eigenvalue weighted by molar-refractivity contribution is -0.333. The van der Waals surface area contributed by atoms with Crippen molar-refractivity contribution in [2.24, 2.45) is 20.5 Å². The first-order valence-corrected chi connectivity index (χ1v) is 17.1. The van der Waals surface area contributed by atoms with Gasteiger partial charge in [0.2, 0.25) is 0 Å². The molecule has 0 amide bonds. The van der Waals surface area contributed by atoms with Crippen LogP contribution in [0.5, 0.6) is 0 Å². The van der Waals surface area contributed by atoms with Crippen molar-refractivity contribution < 1.29 is 54.0 Å². The fraction of sp³-hybridized carbons (Fsp3) is 0.625. The van der Waals surface area contributed by atoms with Crippen LogP contribution in [0.4, 0.5) is 0 Å². The monoisotopic (exact) mass is 768 g/mol. The van der Waals surface area contributed by atoms with Crippen LogP contribution >= 0.6 is 0 Å². The van der Waals surface area contributed by atoms with Gasteiger partial charge >= 0.3 is 0 Å². The lowest BCUT2D eigenvalue weighted by atomic mass is 9.84. The third-order valence-electron chi connectivity index (χ3n) is 9.40. The Balaban J connectivity index is 1.41. The second-order valence-electron chi connectivity index (χ2n) is 12.9. The van der Waals surface area contributed by atoms with Gasteiger partial charge in [0.05, 0.1) is 68.9 Å². The zero-order valence-corrected chi connectivity index (χ0v) is 29.0. The molecule has 2 aromatic rings. The van der Waals surface area contributed by atoms with Crippen LogP contribution in [-0.2, 0) is 41.6 Å². The van der Waals surface area contributed by atoms with Gasteiger partial charge in [0, 0.05) is 19.6 Å². The van der Waals surface area contributed by atoms with E-state index in [1.165, 1.54) is 0 Å². The van der Waals surface area contributed by atoms with E-state index < -0.39 is 98.3 Å². The van der Waals surface area contributed by atoms with Gasteiger partial charge in [-0.1, -0.05) is 81.1 Å². The van der Waals surface area contributed by atoms with Crippen LogP contribution in [0.2, 0.25) is 0 Å². The van der Waals surface area contributed by atoms with E-state index in [1.807, 2.05) is 60.7 Å². The SMILES string of the molecule is [N-]=[N+]=NCC1O[C@H](O[C@@H]2C(N=[N+]=[N-])C[C@@H](N=[N+]=[N-])C(O[C@H]3OC(COCc4ccccc4)[C@@H](OCc4ccccc4)C(N=[N+]=[N-])[C@H]3O)[C@H]2O)C(O)[C@@H](O)[C@@H]1O. The average Bonchev–Trinajstić information content (AvgIpc) is 3.19. The number of hydrogen-bond donors (Lipinski definition) is 5. The summed E-state index contributed by atoms with van der Waals surface area (Å²) in [6.45, 7) is -0.395. The van der Waals surface area contributed by atoms with Crippen molar-refractivity contribution in [3.63, 3.8) is 0 Å². The van der Waals surface area contributed by atoms with Gasteiger partial charge in [-0.2, -0.15) is 0 Å². The molecule has 6 unspecified atom stereocenters. The van der Waals surface area contributed by atoms with E-state index in [-0.39, 0.29) is 26.2 Å². The largest absolute Gasteiger partial charge is 0.388 e. The van der Waals surface area contributed by atoms with Crippen LogP contribution in [0.25, 0.3) is 41.8 Å². The summed E-state index contributed by atoms with van der Waals surface area (Å²) in [5, 5.41) is 69.4. The molecule has 2 heterocycles. The van der Waals surface area contributed by atoms with Crippen LogP contribution in [0, 0.1) is 0 Å². The van der Waals surface area contributed by atoms with Crippen molar-refractivity contribution in [2.45, 2.75) is 111 Å². The molecule has 2 aliphatic heterocycles. The topological polar surface area (TPSA) is 352 Å². The van der Waals surface area contributed by atoms with Crippen molar-refractivity contribution in [1.82, 2.24) is 0 Å². The summed E-state index contributed by atoms with van der Waals surface area (Å²) in [6.07, 6.45) is -19.4.